The van der Waals surface area contributed by atoms with E-state index >= 15 is 0 Å². The summed E-state index contributed by atoms with van der Waals surface area (Å²) in [5, 5.41) is 12.3. The molecule has 25 heavy (non-hydrogen) atoms. The van der Waals surface area contributed by atoms with E-state index in [9.17, 15) is 14.7 Å². The lowest BCUT2D eigenvalue weighted by Gasteiger charge is -2.33. The van der Waals surface area contributed by atoms with Crippen LogP contribution in [0.15, 0.2) is 30.3 Å². The molecule has 6 heteroatoms. The summed E-state index contributed by atoms with van der Waals surface area (Å²) in [6, 6.07) is 8.82. The quantitative estimate of drug-likeness (QED) is 0.827. The maximum atomic E-state index is 12.7. The van der Waals surface area contributed by atoms with Crippen molar-refractivity contribution in [1.82, 2.24) is 10.2 Å². The van der Waals surface area contributed by atoms with Crippen molar-refractivity contribution in [3.05, 3.63) is 35.9 Å². The second-order valence-corrected chi connectivity index (χ2v) is 6.94. The highest BCUT2D eigenvalue weighted by Gasteiger charge is 2.29. The highest BCUT2D eigenvalue weighted by Crippen LogP contribution is 2.14. The molecule has 138 valence electrons. The van der Waals surface area contributed by atoms with Crippen LogP contribution in [0.5, 0.6) is 0 Å². The fraction of sp³-hybridized carbons (Fsp3) is 0.579. The highest BCUT2D eigenvalue weighted by atomic mass is 16.5. The SMILES string of the molecule is CC(C)CC(NC(=O)OCc1ccccc1)C(=O)N1CCC(O)CC1. The van der Waals surface area contributed by atoms with Gasteiger partial charge in [0.25, 0.3) is 0 Å². The van der Waals surface area contributed by atoms with Gasteiger partial charge in [0, 0.05) is 13.1 Å². The fourth-order valence-corrected chi connectivity index (χ4v) is 2.91. The van der Waals surface area contributed by atoms with Crippen molar-refractivity contribution >= 4 is 12.0 Å². The van der Waals surface area contributed by atoms with Gasteiger partial charge in [-0.05, 0) is 30.7 Å². The maximum absolute atomic E-state index is 12.7. The second-order valence-electron chi connectivity index (χ2n) is 6.94. The Morgan fingerprint density at radius 3 is 2.48 bits per heavy atom. The smallest absolute Gasteiger partial charge is 0.408 e. The van der Waals surface area contributed by atoms with Gasteiger partial charge in [-0.3, -0.25) is 4.79 Å². The van der Waals surface area contributed by atoms with Crippen LogP contribution >= 0.6 is 0 Å². The summed E-state index contributed by atoms with van der Waals surface area (Å²) in [6.07, 6.45) is 0.798. The number of hydrogen-bond donors (Lipinski definition) is 2. The number of amides is 2. The number of piperidine rings is 1. The van der Waals surface area contributed by atoms with Crippen LogP contribution in [0, 0.1) is 5.92 Å². The van der Waals surface area contributed by atoms with Crippen molar-refractivity contribution < 1.29 is 19.4 Å². The van der Waals surface area contributed by atoms with Crippen LogP contribution in [0.2, 0.25) is 0 Å². The van der Waals surface area contributed by atoms with Crippen LogP contribution in [-0.4, -0.2) is 47.2 Å². The van der Waals surface area contributed by atoms with Gasteiger partial charge in [0.1, 0.15) is 12.6 Å². The van der Waals surface area contributed by atoms with Gasteiger partial charge in [-0.1, -0.05) is 44.2 Å². The Labute approximate surface area is 149 Å². The summed E-state index contributed by atoms with van der Waals surface area (Å²) in [7, 11) is 0. The zero-order valence-electron chi connectivity index (χ0n) is 15.0. The van der Waals surface area contributed by atoms with Gasteiger partial charge in [0.15, 0.2) is 0 Å². The predicted octanol–water partition coefficient (Wildman–Crippen LogP) is 2.31. The summed E-state index contributed by atoms with van der Waals surface area (Å²) in [5.74, 6) is 0.163. The van der Waals surface area contributed by atoms with E-state index in [4.69, 9.17) is 4.74 Å². The van der Waals surface area contributed by atoms with Crippen LogP contribution in [0.3, 0.4) is 0 Å². The van der Waals surface area contributed by atoms with Crippen molar-refractivity contribution in [2.24, 2.45) is 5.92 Å². The molecule has 1 aliphatic heterocycles. The zero-order valence-corrected chi connectivity index (χ0v) is 15.0. The molecular formula is C19H28N2O4. The number of alkyl carbamates (subject to hydrolysis) is 1. The molecule has 1 aliphatic rings. The summed E-state index contributed by atoms with van der Waals surface area (Å²) in [4.78, 5) is 26.5. The molecule has 2 rings (SSSR count). The van der Waals surface area contributed by atoms with Gasteiger partial charge in [0.2, 0.25) is 5.91 Å². The van der Waals surface area contributed by atoms with Gasteiger partial charge in [0.05, 0.1) is 6.10 Å². The Balaban J connectivity index is 1.89. The van der Waals surface area contributed by atoms with Crippen LogP contribution in [0.25, 0.3) is 0 Å². The molecule has 2 amide bonds. The van der Waals surface area contributed by atoms with E-state index in [-0.39, 0.29) is 24.5 Å². The van der Waals surface area contributed by atoms with Crippen LogP contribution in [0.1, 0.15) is 38.7 Å². The van der Waals surface area contributed by atoms with Crippen LogP contribution < -0.4 is 5.32 Å². The number of carbonyl (C=O) groups excluding carboxylic acids is 2. The molecule has 0 aliphatic carbocycles. The molecule has 1 heterocycles. The number of nitrogens with zero attached hydrogens (tertiary/aromatic N) is 1. The number of aliphatic hydroxyl groups is 1. The number of benzene rings is 1. The summed E-state index contributed by atoms with van der Waals surface area (Å²) < 4.78 is 5.23. The Kier molecular flexibility index (Phi) is 7.25. The van der Waals surface area contributed by atoms with Gasteiger partial charge in [-0.2, -0.15) is 0 Å². The van der Waals surface area contributed by atoms with Crippen molar-refractivity contribution in [2.75, 3.05) is 13.1 Å². The molecule has 6 nitrogen and oxygen atoms in total. The molecule has 2 N–H and O–H groups in total. The molecule has 0 spiro atoms. The minimum atomic E-state index is -0.599. The highest BCUT2D eigenvalue weighted by molar-refractivity contribution is 5.85. The zero-order chi connectivity index (χ0) is 18.2. The van der Waals surface area contributed by atoms with Crippen molar-refractivity contribution in [1.29, 1.82) is 0 Å². The van der Waals surface area contributed by atoms with E-state index in [1.165, 1.54) is 0 Å². The van der Waals surface area contributed by atoms with Gasteiger partial charge < -0.3 is 20.1 Å². The minimum Gasteiger partial charge on any atom is -0.445 e. The van der Waals surface area contributed by atoms with E-state index < -0.39 is 12.1 Å². The summed E-state index contributed by atoms with van der Waals surface area (Å²) in [6.45, 7) is 5.24. The van der Waals surface area contributed by atoms with Crippen molar-refractivity contribution in [3.63, 3.8) is 0 Å². The predicted molar refractivity (Wildman–Crippen MR) is 94.8 cm³/mol. The molecule has 1 aromatic carbocycles. The standard InChI is InChI=1S/C19H28N2O4/c1-14(2)12-17(18(23)21-10-8-16(22)9-11-21)20-19(24)25-13-15-6-4-3-5-7-15/h3-7,14,16-17,22H,8-13H2,1-2H3,(H,20,24). The Morgan fingerprint density at radius 1 is 1.24 bits per heavy atom. The van der Waals surface area contributed by atoms with E-state index in [0.717, 1.165) is 5.56 Å². The third kappa shape index (κ3) is 6.38. The lowest BCUT2D eigenvalue weighted by atomic mass is 10.0. The largest absolute Gasteiger partial charge is 0.445 e. The Hall–Kier alpha value is -2.08. The topological polar surface area (TPSA) is 78.9 Å². The maximum Gasteiger partial charge on any atom is 0.408 e. The molecule has 1 aromatic rings. The second kappa shape index (κ2) is 9.42. The first-order valence-electron chi connectivity index (χ1n) is 8.89. The first-order valence-corrected chi connectivity index (χ1v) is 8.89. The molecule has 0 aromatic heterocycles. The van der Waals surface area contributed by atoms with Crippen molar-refractivity contribution in [3.8, 4) is 0 Å². The molecule has 0 saturated carbocycles. The minimum absolute atomic E-state index is 0.0998. The molecule has 1 fully saturated rings. The van der Waals surface area contributed by atoms with Gasteiger partial charge >= 0.3 is 6.09 Å². The summed E-state index contributed by atoms with van der Waals surface area (Å²) >= 11 is 0. The molecular weight excluding hydrogens is 320 g/mol. The van der Waals surface area contributed by atoms with E-state index in [2.05, 4.69) is 5.32 Å². The Morgan fingerprint density at radius 2 is 1.88 bits per heavy atom. The average Bonchev–Trinajstić information content (AvgIpc) is 2.60. The normalized spacial score (nSPS) is 16.6. The van der Waals surface area contributed by atoms with E-state index in [1.54, 1.807) is 4.90 Å². The number of likely N-dealkylation sites (tertiary alicyclic amines) is 1. The van der Waals surface area contributed by atoms with Crippen LogP contribution in [-0.2, 0) is 16.1 Å². The molecule has 1 atom stereocenters. The Bertz CT molecular complexity index is 554. The van der Waals surface area contributed by atoms with E-state index in [0.29, 0.717) is 32.4 Å². The lowest BCUT2D eigenvalue weighted by Crippen LogP contribution is -2.51. The number of hydrogen-bond acceptors (Lipinski definition) is 4. The molecule has 0 bridgehead atoms. The number of carbonyl (C=O) groups is 2. The number of rotatable bonds is 6. The molecule has 0 radical (unpaired) electrons. The fourth-order valence-electron chi connectivity index (χ4n) is 2.91. The average molecular weight is 348 g/mol. The number of nitrogens with one attached hydrogen (secondary N) is 1. The third-order valence-electron chi connectivity index (χ3n) is 4.29. The van der Waals surface area contributed by atoms with Crippen LogP contribution in [0.4, 0.5) is 4.79 Å². The first-order chi connectivity index (χ1) is 12.0. The van der Waals surface area contributed by atoms with Gasteiger partial charge in [-0.15, -0.1) is 0 Å². The number of aliphatic hydroxyl groups excluding tert-OH is 1. The third-order valence-corrected chi connectivity index (χ3v) is 4.29. The summed E-state index contributed by atoms with van der Waals surface area (Å²) in [5.41, 5.74) is 0.898. The van der Waals surface area contributed by atoms with Crippen molar-refractivity contribution in [2.45, 2.75) is 51.9 Å². The molecule has 1 unspecified atom stereocenters. The van der Waals surface area contributed by atoms with Gasteiger partial charge in [-0.25, -0.2) is 4.79 Å². The van der Waals surface area contributed by atoms with E-state index in [1.807, 2.05) is 44.2 Å². The first kappa shape index (κ1) is 19.2. The number of ether oxygens (including phenoxy) is 1. The molecule has 1 saturated heterocycles. The monoisotopic (exact) mass is 348 g/mol. The lowest BCUT2D eigenvalue weighted by molar-refractivity contribution is -0.135.